The van der Waals surface area contributed by atoms with E-state index in [4.69, 9.17) is 28.4 Å². The number of esters is 1. The number of benzene rings is 1. The predicted molar refractivity (Wildman–Crippen MR) is 152 cm³/mol. The molecule has 1 saturated heterocycles. The summed E-state index contributed by atoms with van der Waals surface area (Å²) in [7, 11) is 9.29. The molecule has 7 bridgehead atoms. The summed E-state index contributed by atoms with van der Waals surface area (Å²) in [5.74, 6) is -0.650. The third-order valence-electron chi connectivity index (χ3n) is 12.7. The van der Waals surface area contributed by atoms with Crippen LogP contribution in [0.4, 0.5) is 0 Å². The fourth-order valence-corrected chi connectivity index (χ4v) is 12.2. The molecule has 9 heteroatoms. The van der Waals surface area contributed by atoms with Crippen molar-refractivity contribution in [3.63, 3.8) is 0 Å². The normalized spacial score (nSPS) is 50.1. The number of carbonyl (C=O) groups is 1. The first-order valence-electron chi connectivity index (χ1n) is 15.5. The van der Waals surface area contributed by atoms with Crippen molar-refractivity contribution in [1.29, 1.82) is 0 Å². The Morgan fingerprint density at radius 1 is 1.02 bits per heavy atom. The van der Waals surface area contributed by atoms with Gasteiger partial charge < -0.3 is 38.4 Å². The molecule has 5 aliphatic carbocycles. The highest BCUT2D eigenvalue weighted by molar-refractivity contribution is 5.67. The fourth-order valence-electron chi connectivity index (χ4n) is 12.2. The number of hydrogen-bond donors (Lipinski definition) is 1. The zero-order valence-corrected chi connectivity index (χ0v) is 25.8. The fraction of sp³-hybridized carbons (Fsp3) is 0.788. The molecule has 0 aromatic heterocycles. The van der Waals surface area contributed by atoms with Gasteiger partial charge in [0.15, 0.2) is 0 Å². The second kappa shape index (κ2) is 9.96. The van der Waals surface area contributed by atoms with Crippen LogP contribution in [0.1, 0.15) is 38.2 Å². The van der Waals surface area contributed by atoms with Crippen LogP contribution >= 0.6 is 0 Å². The van der Waals surface area contributed by atoms with Crippen LogP contribution in [0.5, 0.6) is 0 Å². The van der Waals surface area contributed by atoms with E-state index in [9.17, 15) is 9.90 Å². The topological polar surface area (TPSA) is 95.9 Å². The molecule has 1 aliphatic heterocycles. The van der Waals surface area contributed by atoms with Crippen LogP contribution in [-0.4, -0.2) is 106 Å². The van der Waals surface area contributed by atoms with E-state index < -0.39 is 23.4 Å². The van der Waals surface area contributed by atoms with E-state index in [1.54, 1.807) is 14.2 Å². The molecule has 7 rings (SSSR count). The Labute approximate surface area is 249 Å². The lowest BCUT2D eigenvalue weighted by Crippen LogP contribution is -2.77. The number of hydrogen-bond acceptors (Lipinski definition) is 9. The van der Waals surface area contributed by atoms with E-state index in [1.165, 1.54) is 6.92 Å². The van der Waals surface area contributed by atoms with Gasteiger partial charge in [-0.05, 0) is 37.8 Å². The average Bonchev–Trinajstić information content (AvgIpc) is 3.37. The molecule has 0 radical (unpaired) electrons. The Kier molecular flexibility index (Phi) is 6.91. The van der Waals surface area contributed by atoms with Crippen molar-refractivity contribution in [2.45, 2.75) is 80.9 Å². The maximum Gasteiger partial charge on any atom is 0.303 e. The van der Waals surface area contributed by atoms with Crippen LogP contribution in [0.2, 0.25) is 0 Å². The lowest BCUT2D eigenvalue weighted by Gasteiger charge is -2.69. The van der Waals surface area contributed by atoms with Crippen LogP contribution in [0.25, 0.3) is 0 Å². The minimum Gasteiger partial charge on any atom is -0.458 e. The first kappa shape index (κ1) is 29.1. The van der Waals surface area contributed by atoms with Gasteiger partial charge in [-0.25, -0.2) is 0 Å². The number of methoxy groups -OCH3 is 4. The molecule has 1 spiro atoms. The van der Waals surface area contributed by atoms with Gasteiger partial charge in [0, 0.05) is 83.0 Å². The molecule has 1 N–H and O–H groups in total. The number of likely N-dealkylation sites (tertiary alicyclic amines) is 1. The summed E-state index contributed by atoms with van der Waals surface area (Å²) < 4.78 is 38.7. The van der Waals surface area contributed by atoms with Gasteiger partial charge in [-0.15, -0.1) is 0 Å². The highest BCUT2D eigenvalue weighted by atomic mass is 16.6. The summed E-state index contributed by atoms with van der Waals surface area (Å²) in [5.41, 5.74) is -1.64. The number of nitrogens with zero attached hydrogens (tertiary/aromatic N) is 1. The number of ether oxygens (including phenoxy) is 6. The van der Waals surface area contributed by atoms with Crippen molar-refractivity contribution in [3.8, 4) is 0 Å². The van der Waals surface area contributed by atoms with Crippen molar-refractivity contribution in [2.75, 3.05) is 48.6 Å². The highest BCUT2D eigenvalue weighted by Gasteiger charge is 2.89. The minimum atomic E-state index is -1.24. The van der Waals surface area contributed by atoms with Crippen LogP contribution < -0.4 is 0 Å². The zero-order chi connectivity index (χ0) is 29.7. The zero-order valence-electron chi connectivity index (χ0n) is 25.8. The number of fused-ring (bicyclic) bond motifs is 2. The summed E-state index contributed by atoms with van der Waals surface area (Å²) in [5, 5.41) is 12.7. The molecule has 3 unspecified atom stereocenters. The van der Waals surface area contributed by atoms with E-state index in [1.807, 2.05) is 44.6 Å². The number of rotatable bonds is 9. The molecular weight excluding hydrogens is 538 g/mol. The summed E-state index contributed by atoms with van der Waals surface area (Å²) in [6.45, 7) is 3.35. The summed E-state index contributed by atoms with van der Waals surface area (Å²) in [6, 6.07) is 10.1. The third-order valence-corrected chi connectivity index (χ3v) is 12.7. The summed E-state index contributed by atoms with van der Waals surface area (Å²) in [4.78, 5) is 15.6. The van der Waals surface area contributed by atoms with Crippen molar-refractivity contribution >= 4 is 5.97 Å². The summed E-state index contributed by atoms with van der Waals surface area (Å²) >= 11 is 0. The van der Waals surface area contributed by atoms with E-state index in [2.05, 4.69) is 11.9 Å². The Morgan fingerprint density at radius 3 is 2.40 bits per heavy atom. The second-order valence-corrected chi connectivity index (χ2v) is 14.1. The first-order valence-corrected chi connectivity index (χ1v) is 15.5. The van der Waals surface area contributed by atoms with Crippen molar-refractivity contribution < 1.29 is 38.3 Å². The Bertz CT molecular complexity index is 1200. The lowest BCUT2D eigenvalue weighted by atomic mass is 9.43. The van der Waals surface area contributed by atoms with E-state index in [0.717, 1.165) is 24.9 Å². The van der Waals surface area contributed by atoms with Crippen LogP contribution in [0, 0.1) is 34.5 Å². The quantitative estimate of drug-likeness (QED) is 0.439. The molecule has 0 amide bonds. The number of carbonyl (C=O) groups excluding carboxylic acids is 1. The molecule has 232 valence electrons. The minimum absolute atomic E-state index is 0.0380. The van der Waals surface area contributed by atoms with E-state index in [0.29, 0.717) is 26.1 Å². The van der Waals surface area contributed by atoms with Gasteiger partial charge in [0.2, 0.25) is 0 Å². The molecule has 9 nitrogen and oxygen atoms in total. The Hall–Kier alpha value is -1.59. The van der Waals surface area contributed by atoms with Crippen molar-refractivity contribution in [1.82, 2.24) is 4.90 Å². The SMILES string of the molecule is COC[C@]12CCC(OC)C34C([C@@H]([C@H](OC)[C@H]31)[C@@]1(OC(C)=O)C[C@H](OC)[C@]3(O)C[C@H]4[C@@H]1[C@H]3OCc1ccccc1)N(C)C2. The molecule has 42 heavy (non-hydrogen) atoms. The number of piperidine rings is 1. The Morgan fingerprint density at radius 2 is 1.76 bits per heavy atom. The summed E-state index contributed by atoms with van der Waals surface area (Å²) in [6.07, 6.45) is 1.40. The van der Waals surface area contributed by atoms with E-state index in [-0.39, 0.29) is 58.7 Å². The van der Waals surface area contributed by atoms with Gasteiger partial charge in [0.25, 0.3) is 0 Å². The number of aliphatic hydroxyl groups is 1. The van der Waals surface area contributed by atoms with E-state index >= 15 is 0 Å². The van der Waals surface area contributed by atoms with Gasteiger partial charge in [-0.3, -0.25) is 4.79 Å². The van der Waals surface area contributed by atoms with Crippen LogP contribution in [-0.2, 0) is 39.8 Å². The molecule has 6 fully saturated rings. The molecule has 13 atom stereocenters. The lowest BCUT2D eigenvalue weighted by molar-refractivity contribution is -0.292. The Balaban J connectivity index is 1.46. The van der Waals surface area contributed by atoms with Crippen molar-refractivity contribution in [2.24, 2.45) is 34.5 Å². The third kappa shape index (κ3) is 3.42. The maximum absolute atomic E-state index is 13.1. The van der Waals surface area contributed by atoms with Gasteiger partial charge in [0.05, 0.1) is 37.6 Å². The first-order chi connectivity index (χ1) is 20.2. The largest absolute Gasteiger partial charge is 0.458 e. The monoisotopic (exact) mass is 585 g/mol. The van der Waals surface area contributed by atoms with Crippen LogP contribution in [0.3, 0.4) is 0 Å². The molecule has 1 heterocycles. The molecule has 5 saturated carbocycles. The van der Waals surface area contributed by atoms with Gasteiger partial charge in [-0.2, -0.15) is 0 Å². The van der Waals surface area contributed by atoms with Crippen molar-refractivity contribution in [3.05, 3.63) is 35.9 Å². The standard InChI is InChI=1S/C33H47NO8/c1-19(35)42-32-15-23(39-5)31(36)14-21(24(32)29(31)41-16-20-10-8-7-9-11-20)33-22(38-4)12-13-30(18-37-3)17-34(2)28(33)25(32)26(40-6)27(30)33/h7-11,21-29,36H,12-18H2,1-6H3/t21-,22?,23-,24+,25+,26-,27-,28?,29+,30+,31+,32+,33?/m0/s1. The van der Waals surface area contributed by atoms with Gasteiger partial charge in [-0.1, -0.05) is 30.3 Å². The van der Waals surface area contributed by atoms with Gasteiger partial charge >= 0.3 is 5.97 Å². The molecular formula is C33H47NO8. The predicted octanol–water partition coefficient (Wildman–Crippen LogP) is 2.68. The molecule has 1 aromatic rings. The molecule has 1 aromatic carbocycles. The van der Waals surface area contributed by atoms with Gasteiger partial charge in [0.1, 0.15) is 11.2 Å². The average molecular weight is 586 g/mol. The maximum atomic E-state index is 13.1. The van der Waals surface area contributed by atoms with Crippen LogP contribution in [0.15, 0.2) is 30.3 Å². The highest BCUT2D eigenvalue weighted by Crippen LogP contribution is 2.80. The molecule has 6 aliphatic rings. The smallest absolute Gasteiger partial charge is 0.303 e. The second-order valence-electron chi connectivity index (χ2n) is 14.1.